The number of carbonyl (C=O) groups is 3. The fraction of sp³-hybridized carbons (Fsp3) is 0.167. The Morgan fingerprint density at radius 3 is 2.60 bits per heavy atom. The van der Waals surface area contributed by atoms with Crippen molar-refractivity contribution >= 4 is 18.0 Å². The third-order valence-corrected chi connectivity index (χ3v) is 3.96. The summed E-state index contributed by atoms with van der Waals surface area (Å²) in [7, 11) is 1.50. The van der Waals surface area contributed by atoms with Gasteiger partial charge in [-0.1, -0.05) is 36.4 Å². The number of hydrazine groups is 1. The van der Waals surface area contributed by atoms with Crippen LogP contribution in [0.15, 0.2) is 48.5 Å². The van der Waals surface area contributed by atoms with Crippen LogP contribution in [0.4, 0.5) is 4.79 Å². The topological polar surface area (TPSA) is 87.2 Å². The molecule has 7 nitrogen and oxygen atoms in total. The van der Waals surface area contributed by atoms with E-state index in [0.29, 0.717) is 5.56 Å². The maximum Gasteiger partial charge on any atom is 0.434 e. The van der Waals surface area contributed by atoms with Crippen LogP contribution in [0.3, 0.4) is 0 Å². The zero-order chi connectivity index (χ0) is 18.0. The first-order valence-corrected chi connectivity index (χ1v) is 7.61. The van der Waals surface area contributed by atoms with E-state index < -0.39 is 12.1 Å². The van der Waals surface area contributed by atoms with Gasteiger partial charge in [0, 0.05) is 12.6 Å². The normalized spacial score (nSPS) is 13.0. The molecular formula is C18H16N2O5. The number of carboxylic acid groups (broad SMARTS) is 1. The number of fused-ring (bicyclic) bond motifs is 1. The van der Waals surface area contributed by atoms with Gasteiger partial charge in [0.05, 0.1) is 18.5 Å². The predicted molar refractivity (Wildman–Crippen MR) is 87.9 cm³/mol. The number of ether oxygens (including phenoxy) is 1. The molecule has 2 amide bonds. The molecule has 1 aliphatic rings. The number of carbonyl (C=O) groups excluding carboxylic acids is 2. The average Bonchev–Trinajstić information content (AvgIpc) is 2.60. The fourth-order valence-electron chi connectivity index (χ4n) is 2.53. The van der Waals surface area contributed by atoms with Crippen LogP contribution in [0.25, 0.3) is 0 Å². The Hall–Kier alpha value is -3.35. The van der Waals surface area contributed by atoms with Crippen LogP contribution in [0.5, 0.6) is 5.75 Å². The van der Waals surface area contributed by atoms with Crippen LogP contribution >= 0.6 is 0 Å². The van der Waals surface area contributed by atoms with Gasteiger partial charge >= 0.3 is 12.1 Å². The van der Waals surface area contributed by atoms with E-state index in [1.165, 1.54) is 29.2 Å². The summed E-state index contributed by atoms with van der Waals surface area (Å²) >= 11 is 0. The molecule has 0 fully saturated rings. The van der Waals surface area contributed by atoms with Crippen molar-refractivity contribution in [3.8, 4) is 5.75 Å². The molecule has 2 aromatic carbocycles. The van der Waals surface area contributed by atoms with E-state index in [2.05, 4.69) is 0 Å². The van der Waals surface area contributed by atoms with Gasteiger partial charge in [0.1, 0.15) is 5.75 Å². The Morgan fingerprint density at radius 2 is 1.92 bits per heavy atom. The van der Waals surface area contributed by atoms with Crippen LogP contribution < -0.4 is 4.74 Å². The van der Waals surface area contributed by atoms with Crippen molar-refractivity contribution in [2.45, 2.75) is 13.0 Å². The number of hydrogen-bond acceptors (Lipinski definition) is 4. The Labute approximate surface area is 144 Å². The second-order valence-electron chi connectivity index (χ2n) is 5.63. The first kappa shape index (κ1) is 16.5. The van der Waals surface area contributed by atoms with Crippen LogP contribution in [-0.4, -0.2) is 40.1 Å². The molecule has 0 aromatic heterocycles. The van der Waals surface area contributed by atoms with Crippen LogP contribution in [0.2, 0.25) is 0 Å². The van der Waals surface area contributed by atoms with Crippen molar-refractivity contribution < 1.29 is 24.2 Å². The molecular weight excluding hydrogens is 324 g/mol. The molecule has 0 unspecified atom stereocenters. The smallest absolute Gasteiger partial charge is 0.434 e. The average molecular weight is 340 g/mol. The van der Waals surface area contributed by atoms with Crippen LogP contribution in [0.1, 0.15) is 21.5 Å². The van der Waals surface area contributed by atoms with E-state index in [0.717, 1.165) is 5.56 Å². The van der Waals surface area contributed by atoms with Gasteiger partial charge in [-0.3, -0.25) is 9.80 Å². The van der Waals surface area contributed by atoms with E-state index in [1.54, 1.807) is 6.07 Å². The van der Waals surface area contributed by atoms with Crippen molar-refractivity contribution in [3.05, 3.63) is 65.2 Å². The minimum Gasteiger partial charge on any atom is -0.478 e. The summed E-state index contributed by atoms with van der Waals surface area (Å²) in [5, 5.41) is 11.4. The lowest BCUT2D eigenvalue weighted by atomic mass is 10.1. The van der Waals surface area contributed by atoms with Crippen molar-refractivity contribution in [2.24, 2.45) is 0 Å². The van der Waals surface area contributed by atoms with Gasteiger partial charge < -0.3 is 9.84 Å². The van der Waals surface area contributed by atoms with Gasteiger partial charge in [-0.05, 0) is 17.7 Å². The second kappa shape index (κ2) is 6.64. The first-order valence-electron chi connectivity index (χ1n) is 7.61. The summed E-state index contributed by atoms with van der Waals surface area (Å²) in [6.07, 6.45) is -0.565. The summed E-state index contributed by atoms with van der Waals surface area (Å²) < 4.78 is 5.19. The van der Waals surface area contributed by atoms with Crippen molar-refractivity contribution in [3.63, 3.8) is 0 Å². The molecule has 128 valence electrons. The SMILES string of the molecule is CN(C(=O)Cc1ccccc1)N1Cc2ccc(C(=O)O)cc2OC1=O. The second-order valence-corrected chi connectivity index (χ2v) is 5.63. The van der Waals surface area contributed by atoms with Crippen molar-refractivity contribution in [1.29, 1.82) is 0 Å². The highest BCUT2D eigenvalue weighted by Gasteiger charge is 2.30. The molecule has 2 aromatic rings. The van der Waals surface area contributed by atoms with Gasteiger partial charge in [0.15, 0.2) is 0 Å². The molecule has 0 spiro atoms. The lowest BCUT2D eigenvalue weighted by molar-refractivity contribution is -0.143. The Balaban J connectivity index is 1.76. The molecule has 0 saturated heterocycles. The largest absolute Gasteiger partial charge is 0.478 e. The zero-order valence-corrected chi connectivity index (χ0v) is 13.5. The molecule has 25 heavy (non-hydrogen) atoms. The molecule has 0 bridgehead atoms. The van der Waals surface area contributed by atoms with Crippen LogP contribution in [0, 0.1) is 0 Å². The van der Waals surface area contributed by atoms with E-state index in [-0.39, 0.29) is 30.2 Å². The Morgan fingerprint density at radius 1 is 1.20 bits per heavy atom. The molecule has 1 N–H and O–H groups in total. The number of benzene rings is 2. The lowest BCUT2D eigenvalue weighted by Crippen LogP contribution is -2.50. The van der Waals surface area contributed by atoms with Crippen molar-refractivity contribution in [2.75, 3.05) is 7.05 Å². The number of aromatic carboxylic acids is 1. The molecule has 3 rings (SSSR count). The third-order valence-electron chi connectivity index (χ3n) is 3.96. The number of rotatable bonds is 4. The highest BCUT2D eigenvalue weighted by atomic mass is 16.6. The summed E-state index contributed by atoms with van der Waals surface area (Å²) in [5.41, 5.74) is 1.51. The summed E-state index contributed by atoms with van der Waals surface area (Å²) in [4.78, 5) is 35.6. The van der Waals surface area contributed by atoms with Gasteiger partial charge in [-0.2, -0.15) is 0 Å². The number of carboxylic acids is 1. The fourth-order valence-corrected chi connectivity index (χ4v) is 2.53. The highest BCUT2D eigenvalue weighted by molar-refractivity contribution is 5.89. The Kier molecular flexibility index (Phi) is 4.38. The zero-order valence-electron chi connectivity index (χ0n) is 13.5. The van der Waals surface area contributed by atoms with Gasteiger partial charge in [-0.25, -0.2) is 14.6 Å². The molecule has 1 heterocycles. The quantitative estimate of drug-likeness (QED) is 0.923. The molecule has 0 aliphatic carbocycles. The maximum atomic E-state index is 12.4. The minimum atomic E-state index is -1.10. The van der Waals surface area contributed by atoms with E-state index >= 15 is 0 Å². The molecule has 0 radical (unpaired) electrons. The molecule has 7 heteroatoms. The van der Waals surface area contributed by atoms with Crippen LogP contribution in [-0.2, 0) is 17.8 Å². The van der Waals surface area contributed by atoms with Gasteiger partial charge in [0.25, 0.3) is 0 Å². The van der Waals surface area contributed by atoms with Gasteiger partial charge in [-0.15, -0.1) is 0 Å². The number of hydrogen-bond donors (Lipinski definition) is 1. The summed E-state index contributed by atoms with van der Waals surface area (Å²) in [6, 6.07) is 13.5. The highest BCUT2D eigenvalue weighted by Crippen LogP contribution is 2.28. The first-order chi connectivity index (χ1) is 12.0. The monoisotopic (exact) mass is 340 g/mol. The lowest BCUT2D eigenvalue weighted by Gasteiger charge is -2.34. The minimum absolute atomic E-state index is 0.0357. The van der Waals surface area contributed by atoms with E-state index in [4.69, 9.17) is 9.84 Å². The Bertz CT molecular complexity index is 835. The number of nitrogens with zero attached hydrogens (tertiary/aromatic N) is 2. The molecule has 0 atom stereocenters. The molecule has 0 saturated carbocycles. The maximum absolute atomic E-state index is 12.4. The number of likely N-dealkylation sites (N-methyl/N-ethyl adjacent to an activating group) is 1. The molecule has 1 aliphatic heterocycles. The standard InChI is InChI=1S/C18H16N2O5/c1-19(16(21)9-12-5-3-2-4-6-12)20-11-14-8-7-13(17(22)23)10-15(14)25-18(20)24/h2-8,10H,9,11H2,1H3,(H,22,23). The van der Waals surface area contributed by atoms with E-state index in [9.17, 15) is 14.4 Å². The third kappa shape index (κ3) is 3.45. The predicted octanol–water partition coefficient (Wildman–Crippen LogP) is 2.32. The number of amides is 2. The van der Waals surface area contributed by atoms with Crippen molar-refractivity contribution in [1.82, 2.24) is 10.0 Å². The summed E-state index contributed by atoms with van der Waals surface area (Å²) in [6.45, 7) is 0.130. The van der Waals surface area contributed by atoms with E-state index in [1.807, 2.05) is 30.3 Å². The summed E-state index contributed by atoms with van der Waals surface area (Å²) in [5.74, 6) is -1.16. The van der Waals surface area contributed by atoms with Gasteiger partial charge in [0.2, 0.25) is 5.91 Å².